The molecule has 1 unspecified atom stereocenters. The van der Waals surface area contributed by atoms with Crippen LogP contribution in [-0.2, 0) is 0 Å². The zero-order valence-corrected chi connectivity index (χ0v) is 9.70. The lowest BCUT2D eigenvalue weighted by molar-refractivity contribution is -0.384. The molecule has 96 valence electrons. The summed E-state index contributed by atoms with van der Waals surface area (Å²) in [6, 6.07) is 5.54. The van der Waals surface area contributed by atoms with Gasteiger partial charge in [-0.05, 0) is 5.56 Å². The maximum Gasteiger partial charge on any atom is 0.315 e. The number of nitrogens with zero attached hydrogens (tertiary/aromatic N) is 2. The van der Waals surface area contributed by atoms with Crippen molar-refractivity contribution in [3.63, 3.8) is 0 Å². The lowest BCUT2D eigenvalue weighted by Gasteiger charge is -2.35. The van der Waals surface area contributed by atoms with Gasteiger partial charge in [0.1, 0.15) is 0 Å². The molecule has 0 spiro atoms. The summed E-state index contributed by atoms with van der Waals surface area (Å²) < 4.78 is 0. The van der Waals surface area contributed by atoms with Crippen LogP contribution in [0.4, 0.5) is 10.5 Å². The van der Waals surface area contributed by atoms with E-state index in [9.17, 15) is 14.9 Å². The Kier molecular flexibility index (Phi) is 3.42. The molecule has 0 aliphatic carbocycles. The molecule has 1 aromatic rings. The molecular formula is C11H14N4O3. The third kappa shape index (κ3) is 2.40. The van der Waals surface area contributed by atoms with Crippen LogP contribution in [0.5, 0.6) is 0 Å². The van der Waals surface area contributed by atoms with Crippen LogP contribution < -0.4 is 11.1 Å². The summed E-state index contributed by atoms with van der Waals surface area (Å²) in [6.07, 6.45) is 0. The van der Waals surface area contributed by atoms with E-state index in [1.807, 2.05) is 0 Å². The molecule has 1 fully saturated rings. The van der Waals surface area contributed by atoms with Gasteiger partial charge in [-0.2, -0.15) is 0 Å². The zero-order chi connectivity index (χ0) is 13.1. The summed E-state index contributed by atoms with van der Waals surface area (Å²) in [5, 5.41) is 13.7. The van der Waals surface area contributed by atoms with Crippen molar-refractivity contribution >= 4 is 11.7 Å². The standard InChI is InChI=1S/C11H14N4O3/c12-11(16)14-6-5-13-7-10(14)8-1-3-9(4-2-8)15(17)18/h1-4,10,13H,5-7H2,(H2,12,16). The third-order valence-electron chi connectivity index (χ3n) is 3.02. The number of hydrogen-bond donors (Lipinski definition) is 2. The third-order valence-corrected chi connectivity index (χ3v) is 3.02. The van der Waals surface area contributed by atoms with Gasteiger partial charge in [0.15, 0.2) is 0 Å². The molecule has 2 amide bonds. The van der Waals surface area contributed by atoms with Crippen molar-refractivity contribution in [3.05, 3.63) is 39.9 Å². The Morgan fingerprint density at radius 1 is 1.44 bits per heavy atom. The first-order valence-electron chi connectivity index (χ1n) is 5.60. The number of primary amides is 1. The first-order chi connectivity index (χ1) is 8.59. The second kappa shape index (κ2) is 5.01. The molecule has 1 aliphatic rings. The van der Waals surface area contributed by atoms with Crippen molar-refractivity contribution in [3.8, 4) is 0 Å². The van der Waals surface area contributed by atoms with Gasteiger partial charge >= 0.3 is 6.03 Å². The highest BCUT2D eigenvalue weighted by Crippen LogP contribution is 2.23. The zero-order valence-electron chi connectivity index (χ0n) is 9.70. The van der Waals surface area contributed by atoms with Crippen LogP contribution in [0.15, 0.2) is 24.3 Å². The van der Waals surface area contributed by atoms with Gasteiger partial charge in [-0.3, -0.25) is 10.1 Å². The van der Waals surface area contributed by atoms with Gasteiger partial charge in [0.05, 0.1) is 11.0 Å². The van der Waals surface area contributed by atoms with Gasteiger partial charge in [-0.15, -0.1) is 0 Å². The first-order valence-corrected chi connectivity index (χ1v) is 5.60. The van der Waals surface area contributed by atoms with E-state index in [1.54, 1.807) is 17.0 Å². The largest absolute Gasteiger partial charge is 0.351 e. The number of nitro benzene ring substituents is 1. The number of carbonyl (C=O) groups is 1. The van der Waals surface area contributed by atoms with Crippen molar-refractivity contribution in [2.45, 2.75) is 6.04 Å². The smallest absolute Gasteiger partial charge is 0.315 e. The minimum atomic E-state index is -0.472. The number of nitrogens with two attached hydrogens (primary N) is 1. The van der Waals surface area contributed by atoms with Crippen LogP contribution >= 0.6 is 0 Å². The Hall–Kier alpha value is -2.15. The van der Waals surface area contributed by atoms with E-state index in [2.05, 4.69) is 5.32 Å². The summed E-state index contributed by atoms with van der Waals surface area (Å²) in [6.45, 7) is 1.84. The van der Waals surface area contributed by atoms with E-state index in [0.29, 0.717) is 19.6 Å². The summed E-state index contributed by atoms with van der Waals surface area (Å²) in [5.41, 5.74) is 6.20. The quantitative estimate of drug-likeness (QED) is 0.593. The molecule has 3 N–H and O–H groups in total. The van der Waals surface area contributed by atoms with Gasteiger partial charge in [0.2, 0.25) is 0 Å². The topological polar surface area (TPSA) is 102 Å². The molecule has 0 radical (unpaired) electrons. The van der Waals surface area contributed by atoms with Gasteiger partial charge in [0, 0.05) is 31.8 Å². The van der Waals surface area contributed by atoms with E-state index >= 15 is 0 Å². The number of nitro groups is 1. The highest BCUT2D eigenvalue weighted by atomic mass is 16.6. The first kappa shape index (κ1) is 12.3. The van der Waals surface area contributed by atoms with Crippen LogP contribution in [0.1, 0.15) is 11.6 Å². The second-order valence-electron chi connectivity index (χ2n) is 4.10. The average Bonchev–Trinajstić information content (AvgIpc) is 2.39. The highest BCUT2D eigenvalue weighted by molar-refractivity contribution is 5.72. The Bertz CT molecular complexity index is 460. The van der Waals surface area contributed by atoms with Crippen LogP contribution in [0, 0.1) is 10.1 Å². The molecule has 0 bridgehead atoms. The van der Waals surface area contributed by atoms with Crippen molar-refractivity contribution in [1.29, 1.82) is 0 Å². The SMILES string of the molecule is NC(=O)N1CCNCC1c1ccc([N+](=O)[O-])cc1. The highest BCUT2D eigenvalue weighted by Gasteiger charge is 2.26. The van der Waals surface area contributed by atoms with E-state index in [0.717, 1.165) is 5.56 Å². The summed E-state index contributed by atoms with van der Waals surface area (Å²) in [7, 11) is 0. The van der Waals surface area contributed by atoms with Gasteiger partial charge in [0.25, 0.3) is 5.69 Å². The van der Waals surface area contributed by atoms with Gasteiger partial charge in [-0.1, -0.05) is 12.1 Å². The fourth-order valence-corrected chi connectivity index (χ4v) is 2.08. The van der Waals surface area contributed by atoms with Crippen molar-refractivity contribution < 1.29 is 9.72 Å². The van der Waals surface area contributed by atoms with Crippen molar-refractivity contribution in [1.82, 2.24) is 10.2 Å². The molecule has 1 aliphatic heterocycles. The summed E-state index contributed by atoms with van der Waals surface area (Å²) >= 11 is 0. The van der Waals surface area contributed by atoms with Gasteiger partial charge < -0.3 is 16.0 Å². The lowest BCUT2D eigenvalue weighted by Crippen LogP contribution is -2.50. The van der Waals surface area contributed by atoms with E-state index < -0.39 is 11.0 Å². The molecule has 7 heteroatoms. The average molecular weight is 250 g/mol. The Balaban J connectivity index is 2.23. The minimum absolute atomic E-state index is 0.0353. The Morgan fingerprint density at radius 3 is 2.67 bits per heavy atom. The number of non-ortho nitro benzene ring substituents is 1. The molecule has 18 heavy (non-hydrogen) atoms. The molecule has 7 nitrogen and oxygen atoms in total. The summed E-state index contributed by atoms with van der Waals surface area (Å²) in [5.74, 6) is 0. The fraction of sp³-hybridized carbons (Fsp3) is 0.364. The molecular weight excluding hydrogens is 236 g/mol. The number of carbonyl (C=O) groups excluding carboxylic acids is 1. The van der Waals surface area contributed by atoms with Crippen LogP contribution in [0.3, 0.4) is 0 Å². The second-order valence-corrected chi connectivity index (χ2v) is 4.10. The Labute approximate surface area is 104 Å². The van der Waals surface area contributed by atoms with Gasteiger partial charge in [-0.25, -0.2) is 4.79 Å². The lowest BCUT2D eigenvalue weighted by atomic mass is 10.0. The van der Waals surface area contributed by atoms with Crippen molar-refractivity contribution in [2.24, 2.45) is 5.73 Å². The minimum Gasteiger partial charge on any atom is -0.351 e. The molecule has 1 heterocycles. The normalized spacial score (nSPS) is 19.6. The predicted octanol–water partition coefficient (Wildman–Crippen LogP) is 0.620. The van der Waals surface area contributed by atoms with Crippen LogP contribution in [0.2, 0.25) is 0 Å². The molecule has 1 atom stereocenters. The molecule has 0 saturated carbocycles. The van der Waals surface area contributed by atoms with E-state index in [-0.39, 0.29) is 11.7 Å². The number of rotatable bonds is 2. The fourth-order valence-electron chi connectivity index (χ4n) is 2.08. The molecule has 2 rings (SSSR count). The maximum absolute atomic E-state index is 11.3. The van der Waals surface area contributed by atoms with E-state index in [1.165, 1.54) is 12.1 Å². The monoisotopic (exact) mass is 250 g/mol. The number of amides is 2. The number of hydrogen-bond acceptors (Lipinski definition) is 4. The maximum atomic E-state index is 11.3. The van der Waals surface area contributed by atoms with Crippen LogP contribution in [0.25, 0.3) is 0 Å². The predicted molar refractivity (Wildman–Crippen MR) is 65.0 cm³/mol. The molecule has 1 saturated heterocycles. The van der Waals surface area contributed by atoms with Crippen molar-refractivity contribution in [2.75, 3.05) is 19.6 Å². The molecule has 1 aromatic carbocycles. The number of nitrogens with one attached hydrogen (secondary N) is 1. The van der Waals surface area contributed by atoms with Crippen LogP contribution in [-0.4, -0.2) is 35.5 Å². The number of urea groups is 1. The number of benzene rings is 1. The Morgan fingerprint density at radius 2 is 2.11 bits per heavy atom. The number of piperazine rings is 1. The summed E-state index contributed by atoms with van der Waals surface area (Å²) in [4.78, 5) is 23.0. The molecule has 0 aromatic heterocycles. The van der Waals surface area contributed by atoms with E-state index in [4.69, 9.17) is 5.73 Å².